The number of rotatable bonds is 7. The average molecular weight is 409 g/mol. The summed E-state index contributed by atoms with van der Waals surface area (Å²) in [7, 11) is 1.84. The van der Waals surface area contributed by atoms with Crippen LogP contribution in [0.5, 0.6) is 0 Å². The molecular weight excluding hydrogens is 388 g/mol. The first-order chi connectivity index (χ1) is 11.4. The van der Waals surface area contributed by atoms with Gasteiger partial charge in [0.05, 0.1) is 35.1 Å². The lowest BCUT2D eigenvalue weighted by Gasteiger charge is -2.16. The number of carbonyl (C=O) groups excluding carboxylic acids is 1. The Morgan fingerprint density at radius 3 is 2.83 bits per heavy atom. The van der Waals surface area contributed by atoms with Gasteiger partial charge in [-0.05, 0) is 53.9 Å². The van der Waals surface area contributed by atoms with Crippen molar-refractivity contribution in [3.8, 4) is 6.07 Å². The van der Waals surface area contributed by atoms with Crippen LogP contribution in [0.2, 0.25) is 0 Å². The molecule has 0 aliphatic heterocycles. The van der Waals surface area contributed by atoms with Crippen molar-refractivity contribution < 1.29 is 4.79 Å². The summed E-state index contributed by atoms with van der Waals surface area (Å²) in [4.78, 5) is 15.3. The molecule has 0 saturated heterocycles. The Morgan fingerprint density at radius 2 is 2.21 bits per heavy atom. The van der Waals surface area contributed by atoms with Crippen molar-refractivity contribution in [2.24, 2.45) is 0 Å². The highest BCUT2D eigenvalue weighted by molar-refractivity contribution is 9.11. The fourth-order valence-electron chi connectivity index (χ4n) is 2.65. The molecule has 0 atom stereocenters. The lowest BCUT2D eigenvalue weighted by Crippen LogP contribution is -2.26. The number of nitriles is 1. The molecule has 0 unspecified atom stereocenters. The van der Waals surface area contributed by atoms with Crippen LogP contribution in [0, 0.1) is 25.2 Å². The molecule has 0 bridgehead atoms. The summed E-state index contributed by atoms with van der Waals surface area (Å²) in [5, 5.41) is 13.2. The molecule has 2 rings (SSSR count). The molecule has 0 radical (unpaired) electrons. The number of nitrogens with zero attached hydrogens (tertiary/aromatic N) is 4. The first-order valence-electron chi connectivity index (χ1n) is 7.80. The molecule has 0 aromatic carbocycles. The molecule has 0 spiro atoms. The summed E-state index contributed by atoms with van der Waals surface area (Å²) in [6.45, 7) is 5.20. The molecule has 5 nitrogen and oxygen atoms in total. The fourth-order valence-corrected chi connectivity index (χ4v) is 4.19. The standard InChI is InChI=1S/C17H21BrN4OS/c1-12-15(13(2)22(20-12)10-4-9-19)6-8-17(23)21(3)11-14-5-7-16(18)24-14/h5,7H,4,6,8,10-11H2,1-3H3. The van der Waals surface area contributed by atoms with Gasteiger partial charge in [-0.2, -0.15) is 10.4 Å². The normalized spacial score (nSPS) is 10.6. The Kier molecular flexibility index (Phi) is 6.58. The number of aryl methyl sites for hydroxylation is 2. The maximum Gasteiger partial charge on any atom is 0.222 e. The average Bonchev–Trinajstić information content (AvgIpc) is 3.06. The molecular formula is C17H21BrN4OS. The molecule has 128 valence electrons. The van der Waals surface area contributed by atoms with Crippen LogP contribution >= 0.6 is 27.3 Å². The van der Waals surface area contributed by atoms with E-state index in [1.54, 1.807) is 16.2 Å². The molecule has 0 aliphatic rings. The van der Waals surface area contributed by atoms with Gasteiger partial charge in [0, 0.05) is 24.0 Å². The van der Waals surface area contributed by atoms with Crippen molar-refractivity contribution in [1.29, 1.82) is 5.26 Å². The molecule has 2 aromatic rings. The van der Waals surface area contributed by atoms with E-state index in [1.165, 1.54) is 0 Å². The number of halogens is 1. The van der Waals surface area contributed by atoms with Crippen molar-refractivity contribution in [3.05, 3.63) is 37.7 Å². The topological polar surface area (TPSA) is 61.9 Å². The Bertz CT molecular complexity index is 759. The van der Waals surface area contributed by atoms with Gasteiger partial charge < -0.3 is 4.90 Å². The predicted octanol–water partition coefficient (Wildman–Crippen LogP) is 3.83. The number of aromatic nitrogens is 2. The summed E-state index contributed by atoms with van der Waals surface area (Å²) < 4.78 is 2.94. The molecule has 2 heterocycles. The Labute approximate surface area is 155 Å². The van der Waals surface area contributed by atoms with E-state index in [1.807, 2.05) is 37.7 Å². The molecule has 0 saturated carbocycles. The van der Waals surface area contributed by atoms with Gasteiger partial charge in [-0.1, -0.05) is 0 Å². The van der Waals surface area contributed by atoms with E-state index < -0.39 is 0 Å². The van der Waals surface area contributed by atoms with Gasteiger partial charge in [0.25, 0.3) is 0 Å². The molecule has 1 amide bonds. The quantitative estimate of drug-likeness (QED) is 0.698. The zero-order chi connectivity index (χ0) is 17.7. The fraction of sp³-hybridized carbons (Fsp3) is 0.471. The lowest BCUT2D eigenvalue weighted by atomic mass is 10.1. The van der Waals surface area contributed by atoms with Gasteiger partial charge in [0.15, 0.2) is 0 Å². The van der Waals surface area contributed by atoms with Crippen LogP contribution in [0.15, 0.2) is 15.9 Å². The van der Waals surface area contributed by atoms with Gasteiger partial charge >= 0.3 is 0 Å². The predicted molar refractivity (Wildman–Crippen MR) is 98.7 cm³/mol. The van der Waals surface area contributed by atoms with Gasteiger partial charge in [-0.25, -0.2) is 0 Å². The SMILES string of the molecule is Cc1nn(CCC#N)c(C)c1CCC(=O)N(C)Cc1ccc(Br)s1. The van der Waals surface area contributed by atoms with E-state index in [4.69, 9.17) is 5.26 Å². The first-order valence-corrected chi connectivity index (χ1v) is 9.41. The third-order valence-corrected chi connectivity index (χ3v) is 5.61. The number of thiophene rings is 1. The second kappa shape index (κ2) is 8.45. The number of amides is 1. The number of carbonyl (C=O) groups is 1. The Morgan fingerprint density at radius 1 is 1.46 bits per heavy atom. The second-order valence-electron chi connectivity index (χ2n) is 5.74. The van der Waals surface area contributed by atoms with Crippen molar-refractivity contribution in [1.82, 2.24) is 14.7 Å². The minimum atomic E-state index is 0.128. The van der Waals surface area contributed by atoms with E-state index in [0.29, 0.717) is 32.4 Å². The van der Waals surface area contributed by atoms with Crippen molar-refractivity contribution in [2.45, 2.75) is 46.2 Å². The molecule has 2 aromatic heterocycles. The van der Waals surface area contributed by atoms with Gasteiger partial charge in [-0.3, -0.25) is 9.48 Å². The zero-order valence-electron chi connectivity index (χ0n) is 14.2. The van der Waals surface area contributed by atoms with Crippen LogP contribution in [0.4, 0.5) is 0 Å². The molecule has 0 aliphatic carbocycles. The number of hydrogen-bond acceptors (Lipinski definition) is 4. The largest absolute Gasteiger partial charge is 0.341 e. The van der Waals surface area contributed by atoms with Crippen molar-refractivity contribution in [2.75, 3.05) is 7.05 Å². The monoisotopic (exact) mass is 408 g/mol. The minimum absolute atomic E-state index is 0.128. The van der Waals surface area contributed by atoms with E-state index in [9.17, 15) is 4.79 Å². The van der Waals surface area contributed by atoms with Crippen LogP contribution in [0.1, 0.15) is 34.7 Å². The molecule has 0 N–H and O–H groups in total. The van der Waals surface area contributed by atoms with Crippen molar-refractivity contribution in [3.63, 3.8) is 0 Å². The van der Waals surface area contributed by atoms with Crippen LogP contribution in [0.3, 0.4) is 0 Å². The summed E-state index contributed by atoms with van der Waals surface area (Å²) >= 11 is 5.09. The second-order valence-corrected chi connectivity index (χ2v) is 8.28. The van der Waals surface area contributed by atoms with E-state index in [2.05, 4.69) is 27.1 Å². The first kappa shape index (κ1) is 18.7. The highest BCUT2D eigenvalue weighted by Crippen LogP contribution is 2.23. The van der Waals surface area contributed by atoms with E-state index in [-0.39, 0.29) is 5.91 Å². The van der Waals surface area contributed by atoms with E-state index >= 15 is 0 Å². The van der Waals surface area contributed by atoms with Crippen LogP contribution in [-0.2, 0) is 24.3 Å². The summed E-state index contributed by atoms with van der Waals surface area (Å²) in [5.74, 6) is 0.128. The highest BCUT2D eigenvalue weighted by Gasteiger charge is 2.15. The van der Waals surface area contributed by atoms with Gasteiger partial charge in [-0.15, -0.1) is 11.3 Å². The van der Waals surface area contributed by atoms with Gasteiger partial charge in [0.2, 0.25) is 5.91 Å². The van der Waals surface area contributed by atoms with Crippen LogP contribution in [-0.4, -0.2) is 27.6 Å². The smallest absolute Gasteiger partial charge is 0.222 e. The van der Waals surface area contributed by atoms with Crippen LogP contribution in [0.25, 0.3) is 0 Å². The lowest BCUT2D eigenvalue weighted by molar-refractivity contribution is -0.130. The summed E-state index contributed by atoms with van der Waals surface area (Å²) in [6.07, 6.45) is 1.59. The number of hydrogen-bond donors (Lipinski definition) is 0. The van der Waals surface area contributed by atoms with Crippen LogP contribution < -0.4 is 0 Å². The maximum atomic E-state index is 12.4. The Hall–Kier alpha value is -1.65. The third kappa shape index (κ3) is 4.68. The van der Waals surface area contributed by atoms with Crippen molar-refractivity contribution >= 4 is 33.2 Å². The molecule has 24 heavy (non-hydrogen) atoms. The molecule has 7 heteroatoms. The maximum absolute atomic E-state index is 12.4. The zero-order valence-corrected chi connectivity index (χ0v) is 16.6. The van der Waals surface area contributed by atoms with E-state index in [0.717, 1.165) is 25.6 Å². The van der Waals surface area contributed by atoms with Gasteiger partial charge in [0.1, 0.15) is 0 Å². The molecule has 0 fully saturated rings. The highest BCUT2D eigenvalue weighted by atomic mass is 79.9. The summed E-state index contributed by atoms with van der Waals surface area (Å²) in [6, 6.07) is 6.17. The Balaban J connectivity index is 1.93. The minimum Gasteiger partial charge on any atom is -0.341 e. The third-order valence-electron chi connectivity index (χ3n) is 4.00. The summed E-state index contributed by atoms with van der Waals surface area (Å²) in [5.41, 5.74) is 3.12.